The minimum atomic E-state index is -0.0312. The Kier molecular flexibility index (Phi) is 6.18. The fraction of sp³-hybridized carbons (Fsp3) is 0.364. The second-order valence-corrected chi connectivity index (χ2v) is 8.24. The van der Waals surface area contributed by atoms with Gasteiger partial charge in [-0.05, 0) is 51.8 Å². The van der Waals surface area contributed by atoms with Gasteiger partial charge in [-0.1, -0.05) is 23.7 Å². The highest BCUT2D eigenvalue weighted by Crippen LogP contribution is 2.26. The first kappa shape index (κ1) is 21.9. The summed E-state index contributed by atoms with van der Waals surface area (Å²) in [6, 6.07) is 7.23. The summed E-state index contributed by atoms with van der Waals surface area (Å²) in [5.41, 5.74) is 3.46. The zero-order valence-electron chi connectivity index (χ0n) is 18.4. The number of rotatable bonds is 7. The van der Waals surface area contributed by atoms with E-state index < -0.39 is 0 Å². The van der Waals surface area contributed by atoms with E-state index >= 15 is 0 Å². The first-order chi connectivity index (χ1) is 15.3. The van der Waals surface area contributed by atoms with E-state index in [1.165, 1.54) is 6.33 Å². The lowest BCUT2D eigenvalue weighted by Gasteiger charge is -2.25. The van der Waals surface area contributed by atoms with Crippen molar-refractivity contribution < 1.29 is 9.21 Å². The molecule has 0 aliphatic carbocycles. The molecule has 0 atom stereocenters. The molecule has 0 aliphatic rings. The summed E-state index contributed by atoms with van der Waals surface area (Å²) in [6.07, 6.45) is 2.36. The van der Waals surface area contributed by atoms with Crippen molar-refractivity contribution in [1.29, 1.82) is 0 Å². The number of hydrogen-bond acceptors (Lipinski definition) is 7. The van der Waals surface area contributed by atoms with E-state index in [0.717, 1.165) is 17.0 Å². The molecule has 0 bridgehead atoms. The van der Waals surface area contributed by atoms with Crippen LogP contribution < -0.4 is 0 Å². The van der Waals surface area contributed by atoms with Gasteiger partial charge in [0, 0.05) is 23.9 Å². The van der Waals surface area contributed by atoms with E-state index in [9.17, 15) is 4.79 Å². The van der Waals surface area contributed by atoms with E-state index in [-0.39, 0.29) is 18.5 Å². The molecule has 0 saturated carbocycles. The van der Waals surface area contributed by atoms with E-state index in [1.807, 2.05) is 45.9 Å². The van der Waals surface area contributed by atoms with Crippen LogP contribution in [0.5, 0.6) is 0 Å². The molecule has 9 nitrogen and oxygen atoms in total. The minimum absolute atomic E-state index is 0.00465. The highest BCUT2D eigenvalue weighted by Gasteiger charge is 2.22. The van der Waals surface area contributed by atoms with E-state index in [4.69, 9.17) is 16.0 Å². The molecule has 1 aromatic carbocycles. The number of aryl methyl sites for hydroxylation is 2. The molecular weight excluding hydrogens is 430 g/mol. The minimum Gasteiger partial charge on any atom is -0.419 e. The topological polar surface area (TPSA) is 102 Å². The van der Waals surface area contributed by atoms with Crippen molar-refractivity contribution in [2.24, 2.45) is 0 Å². The van der Waals surface area contributed by atoms with Gasteiger partial charge in [-0.2, -0.15) is 10.1 Å². The highest BCUT2D eigenvalue weighted by molar-refractivity contribution is 6.33. The van der Waals surface area contributed by atoms with Gasteiger partial charge in [0.25, 0.3) is 5.78 Å². The lowest BCUT2D eigenvalue weighted by molar-refractivity contribution is -0.133. The molecule has 4 aromatic rings. The number of benzene rings is 1. The van der Waals surface area contributed by atoms with Crippen molar-refractivity contribution in [3.05, 3.63) is 58.5 Å². The molecule has 0 spiro atoms. The summed E-state index contributed by atoms with van der Waals surface area (Å²) in [5, 5.41) is 13.0. The third kappa shape index (κ3) is 4.34. The first-order valence-corrected chi connectivity index (χ1v) is 10.8. The van der Waals surface area contributed by atoms with Gasteiger partial charge >= 0.3 is 0 Å². The van der Waals surface area contributed by atoms with Crippen molar-refractivity contribution in [2.75, 3.05) is 0 Å². The van der Waals surface area contributed by atoms with Crippen LogP contribution in [0.1, 0.15) is 43.1 Å². The molecular formula is C22H24ClN7O2. The molecule has 0 unspecified atom stereocenters. The molecule has 3 heterocycles. The zero-order valence-corrected chi connectivity index (χ0v) is 19.2. The molecule has 4 rings (SSSR count). The normalized spacial score (nSPS) is 11.4. The van der Waals surface area contributed by atoms with Gasteiger partial charge < -0.3 is 9.32 Å². The molecule has 1 amide bonds. The monoisotopic (exact) mass is 453 g/mol. The molecule has 10 heteroatoms. The fourth-order valence-corrected chi connectivity index (χ4v) is 3.87. The number of carbonyl (C=O) groups excluding carboxylic acids is 1. The van der Waals surface area contributed by atoms with Crippen LogP contribution in [-0.4, -0.2) is 46.6 Å². The Morgan fingerprint density at radius 2 is 2.00 bits per heavy atom. The number of hydrogen-bond donors (Lipinski definition) is 0. The van der Waals surface area contributed by atoms with Crippen molar-refractivity contribution >= 4 is 23.3 Å². The van der Waals surface area contributed by atoms with Crippen LogP contribution in [0.4, 0.5) is 0 Å². The van der Waals surface area contributed by atoms with Gasteiger partial charge in [0.2, 0.25) is 17.7 Å². The van der Waals surface area contributed by atoms with Gasteiger partial charge in [-0.3, -0.25) is 4.79 Å². The maximum absolute atomic E-state index is 13.1. The number of aromatic nitrogens is 6. The quantitative estimate of drug-likeness (QED) is 0.419. The average molecular weight is 454 g/mol. The van der Waals surface area contributed by atoms with Gasteiger partial charge in [-0.15, -0.1) is 10.2 Å². The van der Waals surface area contributed by atoms with Crippen LogP contribution in [-0.2, 0) is 17.8 Å². The van der Waals surface area contributed by atoms with Crippen molar-refractivity contribution in [3.63, 3.8) is 0 Å². The maximum atomic E-state index is 13.1. The summed E-state index contributed by atoms with van der Waals surface area (Å²) < 4.78 is 7.49. The van der Waals surface area contributed by atoms with Crippen LogP contribution in [0.15, 0.2) is 35.0 Å². The van der Waals surface area contributed by atoms with Crippen LogP contribution in [0.3, 0.4) is 0 Å². The number of carbonyl (C=O) groups is 1. The Hall–Kier alpha value is -3.33. The van der Waals surface area contributed by atoms with Crippen molar-refractivity contribution in [2.45, 2.75) is 53.1 Å². The summed E-state index contributed by atoms with van der Waals surface area (Å²) in [5.74, 6) is 1.25. The molecule has 0 radical (unpaired) electrons. The molecule has 0 N–H and O–H groups in total. The predicted octanol–water partition coefficient (Wildman–Crippen LogP) is 3.81. The summed E-state index contributed by atoms with van der Waals surface area (Å²) in [4.78, 5) is 23.4. The SMILES string of the molecule is Cc1nc2ncnn2c(C)c1CCC(=O)N(Cc1nnc(-c2ccccc2Cl)o1)C(C)C. The number of nitrogens with zero attached hydrogens (tertiary/aromatic N) is 7. The summed E-state index contributed by atoms with van der Waals surface area (Å²) >= 11 is 6.22. The molecule has 0 aliphatic heterocycles. The standard InChI is InChI=1S/C22H24ClN7O2/c1-13(2)29(11-19-27-28-21(32-19)17-7-5-6-8-18(17)23)20(31)10-9-16-14(3)26-22-24-12-25-30(22)15(16)4/h5-8,12-13H,9-11H2,1-4H3. The summed E-state index contributed by atoms with van der Waals surface area (Å²) in [6.45, 7) is 8.04. The largest absolute Gasteiger partial charge is 0.419 e. The number of fused-ring (bicyclic) bond motifs is 1. The third-order valence-corrected chi connectivity index (χ3v) is 5.73. The Morgan fingerprint density at radius 3 is 2.75 bits per heavy atom. The summed E-state index contributed by atoms with van der Waals surface area (Å²) in [7, 11) is 0. The second kappa shape index (κ2) is 9.04. The average Bonchev–Trinajstić information content (AvgIpc) is 3.41. The Balaban J connectivity index is 1.48. The Morgan fingerprint density at radius 1 is 1.22 bits per heavy atom. The Labute approximate surface area is 190 Å². The maximum Gasteiger partial charge on any atom is 0.252 e. The van der Waals surface area contributed by atoms with Crippen LogP contribution in [0, 0.1) is 13.8 Å². The van der Waals surface area contributed by atoms with Crippen molar-refractivity contribution in [1.82, 2.24) is 34.7 Å². The molecule has 0 saturated heterocycles. The third-order valence-electron chi connectivity index (χ3n) is 5.40. The van der Waals surface area contributed by atoms with Gasteiger partial charge in [0.1, 0.15) is 6.33 Å². The van der Waals surface area contributed by atoms with E-state index in [2.05, 4.69) is 25.3 Å². The lowest BCUT2D eigenvalue weighted by atomic mass is 10.1. The zero-order chi connectivity index (χ0) is 22.8. The van der Waals surface area contributed by atoms with Gasteiger partial charge in [0.05, 0.1) is 17.1 Å². The smallest absolute Gasteiger partial charge is 0.252 e. The Bertz CT molecular complexity index is 1260. The first-order valence-electron chi connectivity index (χ1n) is 10.4. The van der Waals surface area contributed by atoms with Crippen molar-refractivity contribution in [3.8, 4) is 11.5 Å². The fourth-order valence-electron chi connectivity index (χ4n) is 3.66. The lowest BCUT2D eigenvalue weighted by Crippen LogP contribution is -2.36. The highest BCUT2D eigenvalue weighted by atomic mass is 35.5. The molecule has 0 fully saturated rings. The molecule has 166 valence electrons. The van der Waals surface area contributed by atoms with Crippen LogP contribution >= 0.6 is 11.6 Å². The number of amides is 1. The molecule has 32 heavy (non-hydrogen) atoms. The molecule has 3 aromatic heterocycles. The van der Waals surface area contributed by atoms with Gasteiger partial charge in [-0.25, -0.2) is 9.50 Å². The van der Waals surface area contributed by atoms with Gasteiger partial charge in [0.15, 0.2) is 0 Å². The van der Waals surface area contributed by atoms with Crippen LogP contribution in [0.2, 0.25) is 5.02 Å². The predicted molar refractivity (Wildman–Crippen MR) is 119 cm³/mol. The number of halogens is 1. The second-order valence-electron chi connectivity index (χ2n) is 7.83. The van der Waals surface area contributed by atoms with Crippen LogP contribution in [0.25, 0.3) is 17.2 Å². The van der Waals surface area contributed by atoms with E-state index in [0.29, 0.717) is 41.0 Å². The van der Waals surface area contributed by atoms with E-state index in [1.54, 1.807) is 15.5 Å².